The van der Waals surface area contributed by atoms with E-state index in [-0.39, 0.29) is 6.10 Å². The van der Waals surface area contributed by atoms with E-state index in [0.29, 0.717) is 6.42 Å². The van der Waals surface area contributed by atoms with Crippen LogP contribution in [-0.2, 0) is 4.74 Å². The minimum absolute atomic E-state index is 0.0602. The van der Waals surface area contributed by atoms with Crippen molar-refractivity contribution in [1.82, 2.24) is 0 Å². The quantitative estimate of drug-likeness (QED) is 0.629. The van der Waals surface area contributed by atoms with Gasteiger partial charge in [-0.15, -0.1) is 0 Å². The van der Waals surface area contributed by atoms with Gasteiger partial charge >= 0.3 is 0 Å². The first-order chi connectivity index (χ1) is 4.54. The third-order valence-corrected chi connectivity index (χ3v) is 2.34. The molecule has 1 N–H and O–H groups in total. The van der Waals surface area contributed by atoms with Crippen molar-refractivity contribution in [2.45, 2.75) is 36.5 Å². The van der Waals surface area contributed by atoms with Crippen LogP contribution in [0.2, 0.25) is 0 Å². The maximum Gasteiger partial charge on any atom is 0.196 e. The van der Waals surface area contributed by atoms with Gasteiger partial charge in [0.1, 0.15) is 0 Å². The van der Waals surface area contributed by atoms with Crippen LogP contribution in [0.3, 0.4) is 0 Å². The molecule has 10 heavy (non-hydrogen) atoms. The second-order valence-corrected chi connectivity index (χ2v) is 3.71. The van der Waals surface area contributed by atoms with Crippen LogP contribution in [0.1, 0.15) is 19.8 Å². The van der Waals surface area contributed by atoms with Crippen LogP contribution in [0.15, 0.2) is 0 Å². The number of alkyl halides is 2. The molecule has 4 heteroatoms. The van der Waals surface area contributed by atoms with Gasteiger partial charge < -0.3 is 9.84 Å². The zero-order chi connectivity index (χ0) is 7.78. The van der Waals surface area contributed by atoms with Crippen molar-refractivity contribution < 1.29 is 9.84 Å². The molecule has 0 radical (unpaired) electrons. The average molecular weight is 185 g/mol. The third-order valence-electron chi connectivity index (χ3n) is 1.66. The van der Waals surface area contributed by atoms with Crippen LogP contribution in [0.4, 0.5) is 0 Å². The Hall–Kier alpha value is 0.500. The molecule has 1 aliphatic rings. The van der Waals surface area contributed by atoms with E-state index in [1.54, 1.807) is 0 Å². The molecule has 2 unspecified atom stereocenters. The minimum Gasteiger partial charge on any atom is -0.363 e. The van der Waals surface area contributed by atoms with Gasteiger partial charge in [0.05, 0.1) is 6.10 Å². The first-order valence-corrected chi connectivity index (χ1v) is 4.10. The van der Waals surface area contributed by atoms with Gasteiger partial charge in [0.25, 0.3) is 0 Å². The fourth-order valence-electron chi connectivity index (χ4n) is 1.04. The molecule has 0 aliphatic carbocycles. The summed E-state index contributed by atoms with van der Waals surface area (Å²) in [4.78, 5) is -0.850. The van der Waals surface area contributed by atoms with Crippen molar-refractivity contribution >= 4 is 23.2 Å². The van der Waals surface area contributed by atoms with E-state index in [9.17, 15) is 5.11 Å². The van der Waals surface area contributed by atoms with Crippen LogP contribution in [0, 0.1) is 0 Å². The molecule has 1 rings (SSSR count). The highest BCUT2D eigenvalue weighted by atomic mass is 35.5. The maximum absolute atomic E-state index is 9.45. The largest absolute Gasteiger partial charge is 0.363 e. The Morgan fingerprint density at radius 2 is 2.30 bits per heavy atom. The summed E-state index contributed by atoms with van der Waals surface area (Å²) in [5.74, 6) is -1.30. The van der Waals surface area contributed by atoms with Gasteiger partial charge in [0.15, 0.2) is 10.6 Å². The summed E-state index contributed by atoms with van der Waals surface area (Å²) in [5, 5.41) is 9.45. The Morgan fingerprint density at radius 3 is 2.50 bits per heavy atom. The molecule has 1 aliphatic heterocycles. The normalized spacial score (nSPS) is 41.1. The number of hydrogen-bond acceptors (Lipinski definition) is 2. The zero-order valence-electron chi connectivity index (χ0n) is 5.68. The molecular formula is C6H10Cl2O2. The molecule has 0 amide bonds. The molecule has 0 saturated carbocycles. The molecule has 2 nitrogen and oxygen atoms in total. The van der Waals surface area contributed by atoms with E-state index in [4.69, 9.17) is 27.9 Å². The van der Waals surface area contributed by atoms with E-state index in [1.165, 1.54) is 0 Å². The zero-order valence-corrected chi connectivity index (χ0v) is 7.19. The van der Waals surface area contributed by atoms with Gasteiger partial charge in [-0.1, -0.05) is 23.2 Å². The number of hydrogen-bond donors (Lipinski definition) is 1. The first kappa shape index (κ1) is 8.60. The lowest BCUT2D eigenvalue weighted by molar-refractivity contribution is -0.178. The molecule has 0 aromatic carbocycles. The number of aliphatic hydroxyl groups is 1. The monoisotopic (exact) mass is 184 g/mol. The van der Waals surface area contributed by atoms with Crippen molar-refractivity contribution in [2.75, 3.05) is 0 Å². The summed E-state index contributed by atoms with van der Waals surface area (Å²) in [7, 11) is 0. The summed E-state index contributed by atoms with van der Waals surface area (Å²) in [6.07, 6.45) is 1.39. The van der Waals surface area contributed by atoms with Crippen molar-refractivity contribution in [1.29, 1.82) is 0 Å². The van der Waals surface area contributed by atoms with Gasteiger partial charge in [-0.3, -0.25) is 0 Å². The molecule has 60 valence electrons. The van der Waals surface area contributed by atoms with E-state index in [0.717, 1.165) is 6.42 Å². The summed E-state index contributed by atoms with van der Waals surface area (Å²) >= 11 is 11.0. The summed E-state index contributed by atoms with van der Waals surface area (Å²) in [6.45, 7) is 1.88. The maximum atomic E-state index is 9.45. The lowest BCUT2D eigenvalue weighted by atomic mass is 10.2. The second kappa shape index (κ2) is 2.86. The Morgan fingerprint density at radius 1 is 1.70 bits per heavy atom. The van der Waals surface area contributed by atoms with Crippen molar-refractivity contribution in [3.05, 3.63) is 0 Å². The van der Waals surface area contributed by atoms with Crippen molar-refractivity contribution in [3.8, 4) is 0 Å². The second-order valence-electron chi connectivity index (χ2n) is 2.61. The number of rotatable bonds is 1. The fraction of sp³-hybridized carbons (Fsp3) is 1.00. The van der Waals surface area contributed by atoms with Gasteiger partial charge in [0, 0.05) is 6.42 Å². The van der Waals surface area contributed by atoms with Gasteiger partial charge in [-0.05, 0) is 13.3 Å². The van der Waals surface area contributed by atoms with E-state index < -0.39 is 10.6 Å². The Balaban J connectivity index is 2.54. The standard InChI is InChI=1S/C6H10Cl2O2/c1-4-2-3-6(9,10-4)5(7)8/h4-5,9H,2-3H2,1H3. The average Bonchev–Trinajstić information content (AvgIpc) is 2.13. The minimum atomic E-state index is -1.30. The lowest BCUT2D eigenvalue weighted by Crippen LogP contribution is -2.35. The predicted octanol–water partition coefficient (Wildman–Crippen LogP) is 1.68. The molecule has 0 aromatic heterocycles. The highest BCUT2D eigenvalue weighted by Gasteiger charge is 2.41. The van der Waals surface area contributed by atoms with Crippen molar-refractivity contribution in [2.24, 2.45) is 0 Å². The fourth-order valence-corrected chi connectivity index (χ4v) is 1.36. The SMILES string of the molecule is CC1CCC(O)(C(Cl)Cl)O1. The van der Waals surface area contributed by atoms with Crippen LogP contribution < -0.4 is 0 Å². The number of ether oxygens (including phenoxy) is 1. The Bertz CT molecular complexity index is 129. The molecule has 1 fully saturated rings. The molecular weight excluding hydrogens is 175 g/mol. The lowest BCUT2D eigenvalue weighted by Gasteiger charge is -2.23. The van der Waals surface area contributed by atoms with Gasteiger partial charge in [-0.25, -0.2) is 0 Å². The Kier molecular flexibility index (Phi) is 2.46. The van der Waals surface area contributed by atoms with Crippen LogP contribution in [0.5, 0.6) is 0 Å². The first-order valence-electron chi connectivity index (χ1n) is 3.23. The predicted molar refractivity (Wildman–Crippen MR) is 40.2 cm³/mol. The Labute approximate surface area is 70.1 Å². The summed E-state index contributed by atoms with van der Waals surface area (Å²) in [5.41, 5.74) is 0. The van der Waals surface area contributed by atoms with E-state index in [2.05, 4.69) is 0 Å². The van der Waals surface area contributed by atoms with Crippen LogP contribution in [0.25, 0.3) is 0 Å². The highest BCUT2D eigenvalue weighted by molar-refractivity contribution is 6.45. The molecule has 1 heterocycles. The molecule has 0 spiro atoms. The van der Waals surface area contributed by atoms with Gasteiger partial charge in [-0.2, -0.15) is 0 Å². The summed E-state index contributed by atoms with van der Waals surface area (Å²) in [6, 6.07) is 0. The van der Waals surface area contributed by atoms with Gasteiger partial charge in [0.2, 0.25) is 0 Å². The smallest absolute Gasteiger partial charge is 0.196 e. The molecule has 0 bridgehead atoms. The molecule has 1 saturated heterocycles. The van der Waals surface area contributed by atoms with E-state index in [1.807, 2.05) is 6.92 Å². The third kappa shape index (κ3) is 1.56. The van der Waals surface area contributed by atoms with Crippen molar-refractivity contribution in [3.63, 3.8) is 0 Å². The molecule has 2 atom stereocenters. The number of halogens is 2. The topological polar surface area (TPSA) is 29.5 Å². The molecule has 0 aromatic rings. The highest BCUT2D eigenvalue weighted by Crippen LogP contribution is 2.34. The van der Waals surface area contributed by atoms with Crippen LogP contribution in [-0.4, -0.2) is 21.8 Å². The van der Waals surface area contributed by atoms with E-state index >= 15 is 0 Å². The van der Waals surface area contributed by atoms with Crippen LogP contribution >= 0.6 is 23.2 Å². The summed E-state index contributed by atoms with van der Waals surface area (Å²) < 4.78 is 5.10.